The maximum absolute atomic E-state index is 12.3. The SMILES string of the molecule is CCCCCc1ccc(C(=O)NC(C)c2ccccc2)cc1. The molecule has 0 spiro atoms. The highest BCUT2D eigenvalue weighted by Gasteiger charge is 2.10. The molecule has 0 aliphatic rings. The Morgan fingerprint density at radius 2 is 1.68 bits per heavy atom. The Balaban J connectivity index is 1.92. The third-order valence-corrected chi connectivity index (χ3v) is 3.93. The highest BCUT2D eigenvalue weighted by molar-refractivity contribution is 5.94. The fourth-order valence-electron chi connectivity index (χ4n) is 2.51. The van der Waals surface area contributed by atoms with Gasteiger partial charge in [0.2, 0.25) is 0 Å². The first-order valence-corrected chi connectivity index (χ1v) is 8.15. The van der Waals surface area contributed by atoms with Crippen LogP contribution in [0.15, 0.2) is 54.6 Å². The maximum Gasteiger partial charge on any atom is 0.251 e. The summed E-state index contributed by atoms with van der Waals surface area (Å²) in [5.74, 6) is -0.0172. The third kappa shape index (κ3) is 4.73. The molecule has 0 aliphatic carbocycles. The van der Waals surface area contributed by atoms with E-state index < -0.39 is 0 Å². The van der Waals surface area contributed by atoms with Crippen molar-refractivity contribution in [2.75, 3.05) is 0 Å². The standard InChI is InChI=1S/C20H25NO/c1-3-4-6-9-17-12-14-19(15-13-17)20(22)21-16(2)18-10-7-5-8-11-18/h5,7-8,10-16H,3-4,6,9H2,1-2H3,(H,21,22). The Bertz CT molecular complexity index is 574. The van der Waals surface area contributed by atoms with E-state index in [0.29, 0.717) is 0 Å². The van der Waals surface area contributed by atoms with E-state index in [9.17, 15) is 4.79 Å². The molecule has 0 bridgehead atoms. The molecule has 2 rings (SSSR count). The van der Waals surface area contributed by atoms with Crippen molar-refractivity contribution >= 4 is 5.91 Å². The Morgan fingerprint density at radius 3 is 2.32 bits per heavy atom. The van der Waals surface area contributed by atoms with E-state index in [0.717, 1.165) is 17.5 Å². The predicted molar refractivity (Wildman–Crippen MR) is 92.0 cm³/mol. The Morgan fingerprint density at radius 1 is 1.00 bits per heavy atom. The van der Waals surface area contributed by atoms with Crippen molar-refractivity contribution < 1.29 is 4.79 Å². The molecule has 2 aromatic carbocycles. The first-order valence-electron chi connectivity index (χ1n) is 8.15. The number of hydrogen-bond acceptors (Lipinski definition) is 1. The number of benzene rings is 2. The lowest BCUT2D eigenvalue weighted by Gasteiger charge is -2.14. The quantitative estimate of drug-likeness (QED) is 0.722. The smallest absolute Gasteiger partial charge is 0.251 e. The third-order valence-electron chi connectivity index (χ3n) is 3.93. The van der Waals surface area contributed by atoms with Gasteiger partial charge in [-0.05, 0) is 43.0 Å². The molecular weight excluding hydrogens is 270 g/mol. The molecule has 1 N–H and O–H groups in total. The molecule has 0 saturated carbocycles. The average Bonchev–Trinajstić information content (AvgIpc) is 2.56. The van der Waals surface area contributed by atoms with E-state index >= 15 is 0 Å². The zero-order valence-electron chi connectivity index (χ0n) is 13.5. The molecule has 2 heteroatoms. The van der Waals surface area contributed by atoms with Crippen molar-refractivity contribution in [1.29, 1.82) is 0 Å². The lowest BCUT2D eigenvalue weighted by molar-refractivity contribution is 0.0940. The Kier molecular flexibility index (Phi) is 6.20. The van der Waals surface area contributed by atoms with Crippen LogP contribution in [0.5, 0.6) is 0 Å². The summed E-state index contributed by atoms with van der Waals surface area (Å²) in [6.45, 7) is 4.22. The minimum Gasteiger partial charge on any atom is -0.346 e. The lowest BCUT2D eigenvalue weighted by atomic mass is 10.0. The molecule has 1 atom stereocenters. The average molecular weight is 295 g/mol. The minimum atomic E-state index is -0.0172. The van der Waals surface area contributed by atoms with Gasteiger partial charge in [0, 0.05) is 5.56 Å². The summed E-state index contributed by atoms with van der Waals surface area (Å²) in [5.41, 5.74) is 3.15. The molecule has 0 saturated heterocycles. The Hall–Kier alpha value is -2.09. The molecule has 0 radical (unpaired) electrons. The van der Waals surface area contributed by atoms with Gasteiger partial charge in [0.15, 0.2) is 0 Å². The molecule has 2 aromatic rings. The predicted octanol–water partition coefficient (Wildman–Crippen LogP) is 4.91. The van der Waals surface area contributed by atoms with Crippen LogP contribution < -0.4 is 5.32 Å². The van der Waals surface area contributed by atoms with Gasteiger partial charge >= 0.3 is 0 Å². The van der Waals surface area contributed by atoms with Crippen LogP contribution in [-0.2, 0) is 6.42 Å². The fraction of sp³-hybridized carbons (Fsp3) is 0.350. The van der Waals surface area contributed by atoms with Crippen molar-refractivity contribution in [1.82, 2.24) is 5.32 Å². The van der Waals surface area contributed by atoms with Gasteiger partial charge in [-0.1, -0.05) is 62.2 Å². The van der Waals surface area contributed by atoms with Gasteiger partial charge in [-0.15, -0.1) is 0 Å². The molecule has 1 unspecified atom stereocenters. The second-order valence-corrected chi connectivity index (χ2v) is 5.76. The number of carbonyl (C=O) groups excluding carboxylic acids is 1. The van der Waals surface area contributed by atoms with Crippen LogP contribution in [0.3, 0.4) is 0 Å². The largest absolute Gasteiger partial charge is 0.346 e. The molecule has 0 heterocycles. The summed E-state index contributed by atoms with van der Waals surface area (Å²) in [6.07, 6.45) is 4.80. The number of amides is 1. The van der Waals surface area contributed by atoms with Gasteiger partial charge in [-0.25, -0.2) is 0 Å². The lowest BCUT2D eigenvalue weighted by Crippen LogP contribution is -2.26. The van der Waals surface area contributed by atoms with E-state index in [1.807, 2.05) is 49.4 Å². The second kappa shape index (κ2) is 8.38. The second-order valence-electron chi connectivity index (χ2n) is 5.76. The van der Waals surface area contributed by atoms with Crippen molar-refractivity contribution in [3.05, 3.63) is 71.3 Å². The van der Waals surface area contributed by atoms with Gasteiger partial charge in [0.05, 0.1) is 6.04 Å². The van der Waals surface area contributed by atoms with E-state index in [1.54, 1.807) is 0 Å². The van der Waals surface area contributed by atoms with Gasteiger partial charge in [0.25, 0.3) is 5.91 Å². The number of carbonyl (C=O) groups is 1. The molecule has 0 fully saturated rings. The molecule has 0 aromatic heterocycles. The number of rotatable bonds is 7. The minimum absolute atomic E-state index is 0.0120. The number of nitrogens with one attached hydrogen (secondary N) is 1. The van der Waals surface area contributed by atoms with Crippen molar-refractivity contribution in [3.8, 4) is 0 Å². The molecule has 0 aliphatic heterocycles. The molecule has 1 amide bonds. The zero-order chi connectivity index (χ0) is 15.8. The highest BCUT2D eigenvalue weighted by atomic mass is 16.1. The summed E-state index contributed by atoms with van der Waals surface area (Å²) in [4.78, 5) is 12.3. The first-order chi connectivity index (χ1) is 10.7. The van der Waals surface area contributed by atoms with Gasteiger partial charge in [-0.3, -0.25) is 4.79 Å². The van der Waals surface area contributed by atoms with Crippen LogP contribution in [0.4, 0.5) is 0 Å². The monoisotopic (exact) mass is 295 g/mol. The molecule has 2 nitrogen and oxygen atoms in total. The summed E-state index contributed by atoms with van der Waals surface area (Å²) in [6, 6.07) is 18.0. The summed E-state index contributed by atoms with van der Waals surface area (Å²) >= 11 is 0. The van der Waals surface area contributed by atoms with Gasteiger partial charge in [-0.2, -0.15) is 0 Å². The number of aryl methyl sites for hydroxylation is 1. The highest BCUT2D eigenvalue weighted by Crippen LogP contribution is 2.13. The van der Waals surface area contributed by atoms with E-state index in [4.69, 9.17) is 0 Å². The zero-order valence-corrected chi connectivity index (χ0v) is 13.5. The van der Waals surface area contributed by atoms with E-state index in [-0.39, 0.29) is 11.9 Å². The Labute approximate surface area is 133 Å². The van der Waals surface area contributed by atoms with E-state index in [1.165, 1.54) is 24.8 Å². The maximum atomic E-state index is 12.3. The van der Waals surface area contributed by atoms with Crippen LogP contribution in [0.25, 0.3) is 0 Å². The number of hydrogen-bond donors (Lipinski definition) is 1. The van der Waals surface area contributed by atoms with Crippen LogP contribution in [0, 0.1) is 0 Å². The van der Waals surface area contributed by atoms with E-state index in [2.05, 4.69) is 24.4 Å². The van der Waals surface area contributed by atoms with Crippen molar-refractivity contribution in [2.24, 2.45) is 0 Å². The molecule has 22 heavy (non-hydrogen) atoms. The topological polar surface area (TPSA) is 29.1 Å². The van der Waals surface area contributed by atoms with Gasteiger partial charge < -0.3 is 5.32 Å². The summed E-state index contributed by atoms with van der Waals surface area (Å²) < 4.78 is 0. The number of unbranched alkanes of at least 4 members (excludes halogenated alkanes) is 2. The first kappa shape index (κ1) is 16.3. The van der Waals surface area contributed by atoms with Crippen LogP contribution >= 0.6 is 0 Å². The van der Waals surface area contributed by atoms with Crippen LogP contribution in [-0.4, -0.2) is 5.91 Å². The van der Waals surface area contributed by atoms with Crippen LogP contribution in [0.1, 0.15) is 60.6 Å². The van der Waals surface area contributed by atoms with Crippen LogP contribution in [0.2, 0.25) is 0 Å². The fourth-order valence-corrected chi connectivity index (χ4v) is 2.51. The van der Waals surface area contributed by atoms with Crippen molar-refractivity contribution in [3.63, 3.8) is 0 Å². The summed E-state index contributed by atoms with van der Waals surface area (Å²) in [7, 11) is 0. The molecular formula is C20H25NO. The van der Waals surface area contributed by atoms with Gasteiger partial charge in [0.1, 0.15) is 0 Å². The van der Waals surface area contributed by atoms with Crippen molar-refractivity contribution in [2.45, 2.75) is 45.6 Å². The molecule has 116 valence electrons. The summed E-state index contributed by atoms with van der Waals surface area (Å²) in [5, 5.41) is 3.05. The normalized spacial score (nSPS) is 11.9.